The van der Waals surface area contributed by atoms with Crippen LogP contribution in [0.2, 0.25) is 0 Å². The summed E-state index contributed by atoms with van der Waals surface area (Å²) in [4.78, 5) is 9.47. The fourth-order valence-electron chi connectivity index (χ4n) is 0.625. The Morgan fingerprint density at radius 2 is 1.67 bits per heavy atom. The standard InChI is InChI=1S/C6H15NO2.C3H6O3/c1-5(8)3-7-4-6(2)9;1-6-2-3(4)5/h5-9H,3-4H2,1-2H3;2H2,1H3,(H,4,5). The van der Waals surface area contributed by atoms with E-state index in [2.05, 4.69) is 10.1 Å². The molecule has 0 aromatic carbocycles. The summed E-state index contributed by atoms with van der Waals surface area (Å²) in [6.45, 7) is 4.29. The van der Waals surface area contributed by atoms with Crippen LogP contribution in [0, 0.1) is 0 Å². The molecule has 0 aromatic heterocycles. The van der Waals surface area contributed by atoms with Crippen LogP contribution < -0.4 is 5.32 Å². The molecular weight excluding hydrogens is 202 g/mol. The van der Waals surface area contributed by atoms with Crippen LogP contribution >= 0.6 is 0 Å². The van der Waals surface area contributed by atoms with Gasteiger partial charge >= 0.3 is 5.97 Å². The van der Waals surface area contributed by atoms with Gasteiger partial charge in [0.1, 0.15) is 6.61 Å². The number of carboxylic acid groups (broad SMARTS) is 1. The van der Waals surface area contributed by atoms with Crippen LogP contribution in [0.5, 0.6) is 0 Å². The Balaban J connectivity index is 0. The Morgan fingerprint density at radius 1 is 1.27 bits per heavy atom. The number of aliphatic hydroxyl groups excluding tert-OH is 2. The predicted molar refractivity (Wildman–Crippen MR) is 55.7 cm³/mol. The van der Waals surface area contributed by atoms with E-state index in [1.54, 1.807) is 13.8 Å². The summed E-state index contributed by atoms with van der Waals surface area (Å²) >= 11 is 0. The summed E-state index contributed by atoms with van der Waals surface area (Å²) in [5, 5.41) is 28.1. The summed E-state index contributed by atoms with van der Waals surface area (Å²) in [7, 11) is 1.34. The summed E-state index contributed by atoms with van der Waals surface area (Å²) in [6, 6.07) is 0. The van der Waals surface area contributed by atoms with Crippen LogP contribution in [-0.2, 0) is 9.53 Å². The monoisotopic (exact) mass is 223 g/mol. The second-order valence-electron chi connectivity index (χ2n) is 3.18. The second-order valence-corrected chi connectivity index (χ2v) is 3.18. The molecule has 0 aliphatic heterocycles. The van der Waals surface area contributed by atoms with Gasteiger partial charge in [0.2, 0.25) is 0 Å². The lowest BCUT2D eigenvalue weighted by atomic mass is 10.3. The Morgan fingerprint density at radius 3 is 1.80 bits per heavy atom. The van der Waals surface area contributed by atoms with Gasteiger partial charge in [0, 0.05) is 20.2 Å². The highest BCUT2D eigenvalue weighted by Crippen LogP contribution is 1.77. The fraction of sp³-hybridized carbons (Fsp3) is 0.889. The van der Waals surface area contributed by atoms with Crippen LogP contribution in [-0.4, -0.2) is 60.3 Å². The van der Waals surface area contributed by atoms with Gasteiger partial charge in [-0.1, -0.05) is 0 Å². The van der Waals surface area contributed by atoms with Gasteiger partial charge in [-0.25, -0.2) is 4.79 Å². The average Bonchev–Trinajstić information content (AvgIpc) is 2.03. The fourth-order valence-corrected chi connectivity index (χ4v) is 0.625. The highest BCUT2D eigenvalue weighted by Gasteiger charge is 1.96. The molecule has 0 aliphatic rings. The molecule has 0 bridgehead atoms. The molecular formula is C9H21NO5. The molecule has 0 saturated carbocycles. The van der Waals surface area contributed by atoms with Crippen molar-refractivity contribution in [3.05, 3.63) is 0 Å². The maximum Gasteiger partial charge on any atom is 0.329 e. The minimum atomic E-state index is -0.933. The number of methoxy groups -OCH3 is 1. The van der Waals surface area contributed by atoms with Crippen LogP contribution in [0.15, 0.2) is 0 Å². The molecule has 0 heterocycles. The number of aliphatic hydroxyl groups is 2. The van der Waals surface area contributed by atoms with Crippen molar-refractivity contribution in [2.45, 2.75) is 26.1 Å². The highest BCUT2D eigenvalue weighted by molar-refractivity contribution is 5.67. The zero-order valence-corrected chi connectivity index (χ0v) is 9.43. The first-order valence-electron chi connectivity index (χ1n) is 4.67. The molecule has 0 fully saturated rings. The number of carboxylic acids is 1. The quantitative estimate of drug-likeness (QED) is 0.463. The van der Waals surface area contributed by atoms with E-state index in [0.29, 0.717) is 13.1 Å². The molecule has 0 amide bonds. The number of nitrogens with one attached hydrogen (secondary N) is 1. The zero-order valence-electron chi connectivity index (χ0n) is 9.43. The third-order valence-corrected chi connectivity index (χ3v) is 1.15. The van der Waals surface area contributed by atoms with Crippen molar-refractivity contribution in [1.82, 2.24) is 5.32 Å². The first-order chi connectivity index (χ1) is 6.90. The Bertz CT molecular complexity index is 141. The smallest absolute Gasteiger partial charge is 0.329 e. The lowest BCUT2D eigenvalue weighted by Gasteiger charge is -2.07. The van der Waals surface area contributed by atoms with Crippen molar-refractivity contribution in [3.63, 3.8) is 0 Å². The van der Waals surface area contributed by atoms with Crippen molar-refractivity contribution >= 4 is 5.97 Å². The van der Waals surface area contributed by atoms with Gasteiger partial charge in [-0.2, -0.15) is 0 Å². The van der Waals surface area contributed by atoms with Gasteiger partial charge in [0.25, 0.3) is 0 Å². The highest BCUT2D eigenvalue weighted by atomic mass is 16.5. The Labute approximate surface area is 89.9 Å². The molecule has 15 heavy (non-hydrogen) atoms. The summed E-state index contributed by atoms with van der Waals surface area (Å²) < 4.78 is 4.20. The van der Waals surface area contributed by atoms with Crippen molar-refractivity contribution in [1.29, 1.82) is 0 Å². The van der Waals surface area contributed by atoms with Gasteiger partial charge in [-0.3, -0.25) is 0 Å². The number of hydrogen-bond donors (Lipinski definition) is 4. The third kappa shape index (κ3) is 24.7. The molecule has 0 saturated heterocycles. The van der Waals surface area contributed by atoms with Gasteiger partial charge in [-0.05, 0) is 13.8 Å². The number of carbonyl (C=O) groups is 1. The number of rotatable bonds is 6. The summed E-state index contributed by atoms with van der Waals surface area (Å²) in [5.41, 5.74) is 0. The minimum Gasteiger partial charge on any atom is -0.480 e. The SMILES string of the molecule is CC(O)CNCC(C)O.COCC(=O)O. The molecule has 4 N–H and O–H groups in total. The van der Waals surface area contributed by atoms with Crippen LogP contribution in [0.4, 0.5) is 0 Å². The third-order valence-electron chi connectivity index (χ3n) is 1.15. The molecule has 2 unspecified atom stereocenters. The molecule has 0 radical (unpaired) electrons. The van der Waals surface area contributed by atoms with Crippen LogP contribution in [0.3, 0.4) is 0 Å². The largest absolute Gasteiger partial charge is 0.480 e. The van der Waals surface area contributed by atoms with E-state index in [4.69, 9.17) is 15.3 Å². The first-order valence-corrected chi connectivity index (χ1v) is 4.67. The van der Waals surface area contributed by atoms with Gasteiger partial charge in [0.15, 0.2) is 0 Å². The van der Waals surface area contributed by atoms with Gasteiger partial charge in [0.05, 0.1) is 12.2 Å². The maximum absolute atomic E-state index is 9.47. The molecule has 0 aliphatic carbocycles. The second kappa shape index (κ2) is 11.4. The van der Waals surface area contributed by atoms with Gasteiger partial charge < -0.3 is 25.4 Å². The molecule has 6 heteroatoms. The topological polar surface area (TPSA) is 99.0 Å². The summed E-state index contributed by atoms with van der Waals surface area (Å²) in [6.07, 6.45) is -0.660. The van der Waals surface area contributed by atoms with Crippen molar-refractivity contribution in [2.75, 3.05) is 26.8 Å². The normalized spacial score (nSPS) is 13.7. The average molecular weight is 223 g/mol. The Hall–Kier alpha value is -0.690. The van der Waals surface area contributed by atoms with Crippen LogP contribution in [0.25, 0.3) is 0 Å². The number of ether oxygens (including phenoxy) is 1. The molecule has 0 rings (SSSR count). The van der Waals surface area contributed by atoms with Gasteiger partial charge in [-0.15, -0.1) is 0 Å². The molecule has 2 atom stereocenters. The number of aliphatic carboxylic acids is 1. The van der Waals surface area contributed by atoms with E-state index < -0.39 is 5.97 Å². The lowest BCUT2D eigenvalue weighted by Crippen LogP contribution is -2.30. The summed E-state index contributed by atoms with van der Waals surface area (Å²) in [5.74, 6) is -0.933. The van der Waals surface area contributed by atoms with Crippen LogP contribution in [0.1, 0.15) is 13.8 Å². The molecule has 6 nitrogen and oxygen atoms in total. The first kappa shape index (κ1) is 16.7. The van der Waals surface area contributed by atoms with E-state index in [1.807, 2.05) is 0 Å². The van der Waals surface area contributed by atoms with E-state index in [0.717, 1.165) is 0 Å². The Kier molecular flexibility index (Phi) is 12.7. The maximum atomic E-state index is 9.47. The zero-order chi connectivity index (χ0) is 12.3. The molecule has 0 spiro atoms. The van der Waals surface area contributed by atoms with E-state index >= 15 is 0 Å². The van der Waals surface area contributed by atoms with E-state index in [9.17, 15) is 4.79 Å². The van der Waals surface area contributed by atoms with Crippen molar-refractivity contribution in [3.8, 4) is 0 Å². The lowest BCUT2D eigenvalue weighted by molar-refractivity contribution is -0.141. The number of hydrogen-bond acceptors (Lipinski definition) is 5. The minimum absolute atomic E-state index is 0.208. The molecule has 92 valence electrons. The van der Waals surface area contributed by atoms with E-state index in [1.165, 1.54) is 7.11 Å². The predicted octanol–water partition coefficient (Wildman–Crippen LogP) is -0.945. The molecule has 0 aromatic rings. The van der Waals surface area contributed by atoms with Crippen molar-refractivity contribution < 1.29 is 24.9 Å². The van der Waals surface area contributed by atoms with Crippen molar-refractivity contribution in [2.24, 2.45) is 0 Å². The van der Waals surface area contributed by atoms with E-state index in [-0.39, 0.29) is 18.8 Å².